The number of hydrogen-bond donors (Lipinski definition) is 0. The predicted octanol–water partition coefficient (Wildman–Crippen LogP) is 10.6. The SMILES string of the molecule is Fc1ccc(N(c2ccc3c(ccc4cc(Cl)ccc43)c2)c2ccc3sc4ccccc4c3c2)cc1. The van der Waals surface area contributed by atoms with Gasteiger partial charge in [0.05, 0.1) is 0 Å². The minimum Gasteiger partial charge on any atom is -0.310 e. The molecule has 0 unspecified atom stereocenters. The Hall–Kier alpha value is -3.92. The molecule has 0 atom stereocenters. The predicted molar refractivity (Wildman–Crippen MR) is 154 cm³/mol. The van der Waals surface area contributed by atoms with E-state index in [4.69, 9.17) is 11.6 Å². The molecule has 7 rings (SSSR count). The highest BCUT2D eigenvalue weighted by molar-refractivity contribution is 7.25. The van der Waals surface area contributed by atoms with Crippen LogP contribution in [0.15, 0.2) is 115 Å². The van der Waals surface area contributed by atoms with Crippen LogP contribution >= 0.6 is 22.9 Å². The third-order valence-electron chi connectivity index (χ3n) is 6.74. The minimum atomic E-state index is -0.248. The fourth-order valence-electron chi connectivity index (χ4n) is 5.06. The van der Waals surface area contributed by atoms with Gasteiger partial charge in [-0.3, -0.25) is 0 Å². The third-order valence-corrected chi connectivity index (χ3v) is 8.13. The van der Waals surface area contributed by atoms with Crippen LogP contribution in [-0.2, 0) is 0 Å². The van der Waals surface area contributed by atoms with E-state index < -0.39 is 0 Å². The third kappa shape index (κ3) is 3.51. The Morgan fingerprint density at radius 2 is 1.17 bits per heavy atom. The summed E-state index contributed by atoms with van der Waals surface area (Å²) in [5, 5.41) is 7.81. The van der Waals surface area contributed by atoms with E-state index >= 15 is 0 Å². The van der Waals surface area contributed by atoms with Crippen LogP contribution in [-0.4, -0.2) is 0 Å². The van der Waals surface area contributed by atoms with E-state index in [0.29, 0.717) is 0 Å². The molecular formula is C32H19ClFNS. The van der Waals surface area contributed by atoms with Gasteiger partial charge in [0, 0.05) is 42.3 Å². The second-order valence-electron chi connectivity index (χ2n) is 8.93. The summed E-state index contributed by atoms with van der Waals surface area (Å²) in [5.41, 5.74) is 2.95. The molecule has 172 valence electrons. The standard InChI is InChI=1S/C32H19ClFNS/c33-22-7-14-27-20(17-22)5-6-21-18-25(12-15-28(21)27)35(24-10-8-23(34)9-11-24)26-13-16-32-30(19-26)29-3-1-2-4-31(29)36-32/h1-19H. The van der Waals surface area contributed by atoms with Crippen LogP contribution in [0.2, 0.25) is 5.02 Å². The number of thiophene rings is 1. The molecular weight excluding hydrogens is 485 g/mol. The Morgan fingerprint density at radius 1 is 0.528 bits per heavy atom. The van der Waals surface area contributed by atoms with Crippen molar-refractivity contribution in [2.75, 3.05) is 4.90 Å². The Bertz CT molecular complexity index is 1920. The van der Waals surface area contributed by atoms with E-state index in [2.05, 4.69) is 83.8 Å². The highest BCUT2D eigenvalue weighted by Gasteiger charge is 2.16. The number of anilines is 3. The first kappa shape index (κ1) is 21.4. The first-order chi connectivity index (χ1) is 17.6. The normalized spacial score (nSPS) is 11.6. The zero-order valence-electron chi connectivity index (χ0n) is 19.1. The molecule has 0 aliphatic carbocycles. The van der Waals surface area contributed by atoms with Gasteiger partial charge in [-0.25, -0.2) is 4.39 Å². The van der Waals surface area contributed by atoms with E-state index in [1.807, 2.05) is 24.3 Å². The van der Waals surface area contributed by atoms with Crippen molar-refractivity contribution in [2.24, 2.45) is 0 Å². The van der Waals surface area contributed by atoms with Crippen LogP contribution in [0.25, 0.3) is 41.7 Å². The van der Waals surface area contributed by atoms with E-state index in [1.165, 1.54) is 43.1 Å². The Morgan fingerprint density at radius 3 is 2.00 bits per heavy atom. The molecule has 0 N–H and O–H groups in total. The fourth-order valence-corrected chi connectivity index (χ4v) is 6.33. The van der Waals surface area contributed by atoms with Crippen LogP contribution < -0.4 is 4.90 Å². The molecule has 7 aromatic rings. The molecule has 0 saturated heterocycles. The summed E-state index contributed by atoms with van der Waals surface area (Å²) in [6, 6.07) is 38.5. The monoisotopic (exact) mass is 503 g/mol. The van der Waals surface area contributed by atoms with E-state index in [1.54, 1.807) is 11.3 Å². The quantitative estimate of drug-likeness (QED) is 0.217. The molecule has 1 nitrogen and oxygen atoms in total. The van der Waals surface area contributed by atoms with E-state index in [0.717, 1.165) is 32.9 Å². The van der Waals surface area contributed by atoms with Crippen LogP contribution in [0.3, 0.4) is 0 Å². The summed E-state index contributed by atoms with van der Waals surface area (Å²) in [6.45, 7) is 0. The molecule has 0 radical (unpaired) electrons. The minimum absolute atomic E-state index is 0.248. The topological polar surface area (TPSA) is 3.24 Å². The summed E-state index contributed by atoms with van der Waals surface area (Å²) in [7, 11) is 0. The number of benzene rings is 6. The van der Waals surface area contributed by atoms with Crippen molar-refractivity contribution in [2.45, 2.75) is 0 Å². The van der Waals surface area contributed by atoms with Gasteiger partial charge < -0.3 is 4.90 Å². The van der Waals surface area contributed by atoms with Gasteiger partial charge in [0.1, 0.15) is 5.82 Å². The average Bonchev–Trinajstić information content (AvgIpc) is 3.28. The van der Waals surface area contributed by atoms with Crippen molar-refractivity contribution < 1.29 is 4.39 Å². The number of halogens is 2. The van der Waals surface area contributed by atoms with Gasteiger partial charge in [-0.15, -0.1) is 11.3 Å². The molecule has 0 saturated carbocycles. The Balaban J connectivity index is 1.45. The summed E-state index contributed by atoms with van der Waals surface area (Å²) >= 11 is 8.02. The molecule has 0 aliphatic heterocycles. The molecule has 0 amide bonds. The lowest BCUT2D eigenvalue weighted by Gasteiger charge is -2.26. The van der Waals surface area contributed by atoms with Crippen molar-refractivity contribution in [1.82, 2.24) is 0 Å². The summed E-state index contributed by atoms with van der Waals surface area (Å²) < 4.78 is 16.4. The highest BCUT2D eigenvalue weighted by Crippen LogP contribution is 2.41. The number of nitrogens with zero attached hydrogens (tertiary/aromatic N) is 1. The Labute approximate surface area is 216 Å². The molecule has 1 heterocycles. The average molecular weight is 504 g/mol. The lowest BCUT2D eigenvalue weighted by atomic mass is 10.0. The van der Waals surface area contributed by atoms with Gasteiger partial charge in [0.2, 0.25) is 0 Å². The summed E-state index contributed by atoms with van der Waals surface area (Å²) in [4.78, 5) is 2.19. The molecule has 0 spiro atoms. The molecule has 0 bridgehead atoms. The van der Waals surface area contributed by atoms with Crippen LogP contribution in [0, 0.1) is 5.82 Å². The molecule has 6 aromatic carbocycles. The van der Waals surface area contributed by atoms with Crippen LogP contribution in [0.4, 0.5) is 21.5 Å². The maximum Gasteiger partial charge on any atom is 0.123 e. The first-order valence-electron chi connectivity index (χ1n) is 11.7. The fraction of sp³-hybridized carbons (Fsp3) is 0. The molecule has 36 heavy (non-hydrogen) atoms. The number of fused-ring (bicyclic) bond motifs is 6. The lowest BCUT2D eigenvalue weighted by molar-refractivity contribution is 0.628. The first-order valence-corrected chi connectivity index (χ1v) is 12.9. The second-order valence-corrected chi connectivity index (χ2v) is 10.4. The molecule has 0 fully saturated rings. The number of rotatable bonds is 3. The van der Waals surface area contributed by atoms with Crippen molar-refractivity contribution in [3.05, 3.63) is 126 Å². The van der Waals surface area contributed by atoms with E-state index in [-0.39, 0.29) is 5.82 Å². The van der Waals surface area contributed by atoms with Crippen molar-refractivity contribution in [1.29, 1.82) is 0 Å². The smallest absolute Gasteiger partial charge is 0.123 e. The summed E-state index contributed by atoms with van der Waals surface area (Å²) in [5.74, 6) is -0.248. The highest BCUT2D eigenvalue weighted by atomic mass is 35.5. The van der Waals surface area contributed by atoms with Gasteiger partial charge in [0.15, 0.2) is 0 Å². The Kier molecular flexibility index (Phi) is 4.95. The maximum atomic E-state index is 13.9. The van der Waals surface area contributed by atoms with Crippen molar-refractivity contribution >= 4 is 81.7 Å². The second kappa shape index (κ2) is 8.34. The zero-order valence-corrected chi connectivity index (χ0v) is 20.7. The van der Waals surface area contributed by atoms with Crippen LogP contribution in [0.1, 0.15) is 0 Å². The van der Waals surface area contributed by atoms with E-state index in [9.17, 15) is 4.39 Å². The summed E-state index contributed by atoms with van der Waals surface area (Å²) in [6.07, 6.45) is 0. The van der Waals surface area contributed by atoms with Crippen molar-refractivity contribution in [3.8, 4) is 0 Å². The molecule has 4 heteroatoms. The van der Waals surface area contributed by atoms with Gasteiger partial charge in [-0.05, 0) is 94.3 Å². The van der Waals surface area contributed by atoms with Gasteiger partial charge in [-0.2, -0.15) is 0 Å². The molecule has 0 aliphatic rings. The van der Waals surface area contributed by atoms with Gasteiger partial charge in [0.25, 0.3) is 0 Å². The van der Waals surface area contributed by atoms with Crippen molar-refractivity contribution in [3.63, 3.8) is 0 Å². The van der Waals surface area contributed by atoms with Gasteiger partial charge >= 0.3 is 0 Å². The number of hydrogen-bond acceptors (Lipinski definition) is 2. The molecule has 1 aromatic heterocycles. The van der Waals surface area contributed by atoms with Gasteiger partial charge in [-0.1, -0.05) is 54.1 Å². The largest absolute Gasteiger partial charge is 0.310 e. The van der Waals surface area contributed by atoms with Crippen LogP contribution in [0.5, 0.6) is 0 Å². The lowest BCUT2D eigenvalue weighted by Crippen LogP contribution is -2.09. The maximum absolute atomic E-state index is 13.9. The zero-order chi connectivity index (χ0) is 24.2.